The molecule has 21 heavy (non-hydrogen) atoms. The summed E-state index contributed by atoms with van der Waals surface area (Å²) in [6.45, 7) is 5.84. The number of carbonyl (C=O) groups is 2. The predicted molar refractivity (Wildman–Crippen MR) is 82.0 cm³/mol. The van der Waals surface area contributed by atoms with Gasteiger partial charge >= 0.3 is 11.9 Å². The number of carbonyl (C=O) groups excluding carboxylic acids is 1. The van der Waals surface area contributed by atoms with Gasteiger partial charge in [-0.05, 0) is 44.9 Å². The first kappa shape index (κ1) is 17.5. The molecule has 5 heteroatoms. The molecular weight excluding hydrogens is 292 g/mol. The van der Waals surface area contributed by atoms with E-state index in [2.05, 4.69) is 6.92 Å². The van der Waals surface area contributed by atoms with Crippen LogP contribution in [0.25, 0.3) is 0 Å². The van der Waals surface area contributed by atoms with E-state index >= 15 is 0 Å². The smallest absolute Gasteiger partial charge is 0.340 e. The summed E-state index contributed by atoms with van der Waals surface area (Å²) in [5.41, 5.74) is -0.342. The Morgan fingerprint density at radius 3 is 2.48 bits per heavy atom. The summed E-state index contributed by atoms with van der Waals surface area (Å²) in [5, 5.41) is 8.96. The van der Waals surface area contributed by atoms with Crippen LogP contribution in [0.5, 0.6) is 0 Å². The summed E-state index contributed by atoms with van der Waals surface area (Å²) < 4.78 is 5.48. The number of aromatic carboxylic acids is 1. The van der Waals surface area contributed by atoms with Gasteiger partial charge in [0.05, 0.1) is 16.1 Å². The van der Waals surface area contributed by atoms with Gasteiger partial charge in [-0.15, -0.1) is 0 Å². The van der Waals surface area contributed by atoms with Crippen molar-refractivity contribution in [2.45, 2.75) is 52.1 Å². The van der Waals surface area contributed by atoms with Crippen LogP contribution in [-0.4, -0.2) is 22.6 Å². The van der Waals surface area contributed by atoms with Crippen LogP contribution in [0.15, 0.2) is 18.2 Å². The maximum absolute atomic E-state index is 12.1. The number of halogens is 1. The molecule has 1 rings (SSSR count). The summed E-state index contributed by atoms with van der Waals surface area (Å²) in [5.74, 6) is -1.62. The van der Waals surface area contributed by atoms with Crippen molar-refractivity contribution < 1.29 is 19.4 Å². The Kier molecular flexibility index (Phi) is 6.21. The second-order valence-electron chi connectivity index (χ2n) is 5.61. The van der Waals surface area contributed by atoms with Crippen LogP contribution >= 0.6 is 11.6 Å². The van der Waals surface area contributed by atoms with Crippen LogP contribution in [0.4, 0.5) is 0 Å². The highest BCUT2D eigenvalue weighted by Gasteiger charge is 2.24. The van der Waals surface area contributed by atoms with Crippen molar-refractivity contribution in [3.8, 4) is 0 Å². The first-order valence-corrected chi connectivity index (χ1v) is 7.41. The van der Waals surface area contributed by atoms with Gasteiger partial charge in [-0.1, -0.05) is 31.4 Å². The Bertz CT molecular complexity index is 523. The van der Waals surface area contributed by atoms with Crippen molar-refractivity contribution in [2.24, 2.45) is 0 Å². The number of rotatable bonds is 7. The van der Waals surface area contributed by atoms with Crippen molar-refractivity contribution in [1.82, 2.24) is 0 Å². The van der Waals surface area contributed by atoms with Crippen LogP contribution < -0.4 is 0 Å². The zero-order valence-corrected chi connectivity index (χ0v) is 13.4. The van der Waals surface area contributed by atoms with E-state index in [0.29, 0.717) is 0 Å². The van der Waals surface area contributed by atoms with Gasteiger partial charge in [-0.3, -0.25) is 0 Å². The number of hydrogen-bond donors (Lipinski definition) is 1. The lowest BCUT2D eigenvalue weighted by atomic mass is 10.0. The summed E-state index contributed by atoms with van der Waals surface area (Å²) >= 11 is 5.96. The number of ether oxygens (including phenoxy) is 1. The molecular formula is C16H21ClO4. The predicted octanol–water partition coefficient (Wildman–Crippen LogP) is 4.55. The lowest BCUT2D eigenvalue weighted by molar-refractivity contribution is -0.00546. The molecule has 0 atom stereocenters. The van der Waals surface area contributed by atoms with Crippen molar-refractivity contribution in [3.63, 3.8) is 0 Å². The summed E-state index contributed by atoms with van der Waals surface area (Å²) in [6, 6.07) is 3.98. The summed E-state index contributed by atoms with van der Waals surface area (Å²) in [7, 11) is 0. The molecule has 116 valence electrons. The minimum Gasteiger partial charge on any atom is -0.478 e. The van der Waals surface area contributed by atoms with Crippen molar-refractivity contribution in [1.29, 1.82) is 0 Å². The molecule has 0 radical (unpaired) electrons. The Labute approximate surface area is 130 Å². The minimum atomic E-state index is -1.09. The Morgan fingerprint density at radius 1 is 1.29 bits per heavy atom. The van der Waals surface area contributed by atoms with Crippen LogP contribution in [0.2, 0.25) is 5.02 Å². The van der Waals surface area contributed by atoms with Crippen molar-refractivity contribution in [3.05, 3.63) is 34.3 Å². The van der Waals surface area contributed by atoms with Crippen molar-refractivity contribution in [2.75, 3.05) is 0 Å². The molecule has 0 aromatic heterocycles. The van der Waals surface area contributed by atoms with Gasteiger partial charge in [-0.2, -0.15) is 0 Å². The van der Waals surface area contributed by atoms with E-state index in [0.717, 1.165) is 25.7 Å². The Morgan fingerprint density at radius 2 is 1.95 bits per heavy atom. The largest absolute Gasteiger partial charge is 0.478 e. The molecule has 0 amide bonds. The number of esters is 1. The number of carboxylic acids is 1. The van der Waals surface area contributed by atoms with E-state index in [-0.39, 0.29) is 16.1 Å². The van der Waals surface area contributed by atoms with E-state index in [1.807, 2.05) is 13.8 Å². The zero-order chi connectivity index (χ0) is 16.0. The quantitative estimate of drug-likeness (QED) is 0.592. The fourth-order valence-corrected chi connectivity index (χ4v) is 2.23. The molecule has 0 fully saturated rings. The fourth-order valence-electron chi connectivity index (χ4n) is 1.97. The maximum Gasteiger partial charge on any atom is 0.340 e. The van der Waals surface area contributed by atoms with Crippen LogP contribution in [-0.2, 0) is 4.74 Å². The highest BCUT2D eigenvalue weighted by molar-refractivity contribution is 6.33. The van der Waals surface area contributed by atoms with Gasteiger partial charge in [0.2, 0.25) is 0 Å². The van der Waals surface area contributed by atoms with Crippen molar-refractivity contribution >= 4 is 23.5 Å². The van der Waals surface area contributed by atoms with Crippen LogP contribution in [0.3, 0.4) is 0 Å². The molecule has 0 spiro atoms. The standard InChI is InChI=1S/C16H21ClO4/c1-4-5-6-9-16(2,3)21-15(20)12-8-7-11(14(18)19)10-13(12)17/h7-8,10H,4-6,9H2,1-3H3,(H,18,19). The molecule has 0 aliphatic rings. The lowest BCUT2D eigenvalue weighted by Crippen LogP contribution is -2.28. The second-order valence-corrected chi connectivity index (χ2v) is 6.01. The van der Waals surface area contributed by atoms with Gasteiger partial charge in [0.15, 0.2) is 0 Å². The molecule has 1 aromatic rings. The molecule has 0 aliphatic carbocycles. The number of carboxylic acid groups (broad SMARTS) is 1. The first-order chi connectivity index (χ1) is 9.76. The van der Waals surface area contributed by atoms with E-state index in [1.165, 1.54) is 18.2 Å². The van der Waals surface area contributed by atoms with E-state index in [1.54, 1.807) is 0 Å². The molecule has 0 heterocycles. The second kappa shape index (κ2) is 7.46. The first-order valence-electron chi connectivity index (χ1n) is 7.03. The van der Waals surface area contributed by atoms with Gasteiger partial charge in [0.25, 0.3) is 0 Å². The van der Waals surface area contributed by atoms with Gasteiger partial charge in [0, 0.05) is 0 Å². The van der Waals surface area contributed by atoms with Gasteiger partial charge in [0.1, 0.15) is 5.60 Å². The molecule has 0 saturated carbocycles. The van der Waals surface area contributed by atoms with Crippen LogP contribution in [0.1, 0.15) is 67.2 Å². The van der Waals surface area contributed by atoms with E-state index < -0.39 is 17.5 Å². The molecule has 4 nitrogen and oxygen atoms in total. The highest BCUT2D eigenvalue weighted by atomic mass is 35.5. The highest BCUT2D eigenvalue weighted by Crippen LogP contribution is 2.24. The lowest BCUT2D eigenvalue weighted by Gasteiger charge is -2.25. The third-order valence-corrected chi connectivity index (χ3v) is 3.50. The SMILES string of the molecule is CCCCCC(C)(C)OC(=O)c1ccc(C(=O)O)cc1Cl. The fraction of sp³-hybridized carbons (Fsp3) is 0.500. The summed E-state index contributed by atoms with van der Waals surface area (Å²) in [6.07, 6.45) is 3.96. The summed E-state index contributed by atoms with van der Waals surface area (Å²) in [4.78, 5) is 23.0. The molecule has 1 N–H and O–H groups in total. The normalized spacial score (nSPS) is 11.2. The molecule has 1 aromatic carbocycles. The van der Waals surface area contributed by atoms with E-state index in [9.17, 15) is 9.59 Å². The molecule has 0 bridgehead atoms. The molecule has 0 aliphatic heterocycles. The third-order valence-electron chi connectivity index (χ3n) is 3.19. The average molecular weight is 313 g/mol. The topological polar surface area (TPSA) is 63.6 Å². The number of hydrogen-bond acceptors (Lipinski definition) is 3. The monoisotopic (exact) mass is 312 g/mol. The Hall–Kier alpha value is -1.55. The Balaban J connectivity index is 2.77. The zero-order valence-electron chi connectivity index (χ0n) is 12.6. The van der Waals surface area contributed by atoms with Crippen LogP contribution in [0, 0.1) is 0 Å². The number of benzene rings is 1. The molecule has 0 unspecified atom stereocenters. The van der Waals surface area contributed by atoms with Gasteiger partial charge in [-0.25, -0.2) is 9.59 Å². The minimum absolute atomic E-state index is 0.0405. The number of unbranched alkanes of at least 4 members (excludes halogenated alkanes) is 2. The third kappa shape index (κ3) is 5.38. The average Bonchev–Trinajstić information content (AvgIpc) is 2.37. The van der Waals surface area contributed by atoms with E-state index in [4.69, 9.17) is 21.4 Å². The van der Waals surface area contributed by atoms with Gasteiger partial charge < -0.3 is 9.84 Å². The molecule has 0 saturated heterocycles. The maximum atomic E-state index is 12.1.